The van der Waals surface area contributed by atoms with E-state index in [0.29, 0.717) is 0 Å². The molecule has 0 aliphatic carbocycles. The molecule has 0 aliphatic heterocycles. The van der Waals surface area contributed by atoms with Crippen molar-refractivity contribution in [3.05, 3.63) is 34.1 Å². The molecular formula is C11H10BrF3N4O. The lowest BCUT2D eigenvalue weighted by Crippen LogP contribution is -2.05. The van der Waals surface area contributed by atoms with Crippen molar-refractivity contribution in [3.63, 3.8) is 0 Å². The summed E-state index contributed by atoms with van der Waals surface area (Å²) < 4.78 is 43.5. The lowest BCUT2D eigenvalue weighted by Gasteiger charge is -2.09. The number of nitrogens with zero attached hydrogens (tertiary/aromatic N) is 2. The Morgan fingerprint density at radius 3 is 2.55 bits per heavy atom. The van der Waals surface area contributed by atoms with Gasteiger partial charge < -0.3 is 15.5 Å². The number of hydrogen-bond acceptors (Lipinski definition) is 5. The number of rotatable bonds is 3. The van der Waals surface area contributed by atoms with Crippen LogP contribution in [0.2, 0.25) is 0 Å². The quantitative estimate of drug-likeness (QED) is 0.883. The Balaban J connectivity index is 2.26. The van der Waals surface area contributed by atoms with Gasteiger partial charge in [0.1, 0.15) is 0 Å². The van der Waals surface area contributed by atoms with Crippen molar-refractivity contribution in [1.29, 1.82) is 0 Å². The van der Waals surface area contributed by atoms with Crippen LogP contribution in [0.1, 0.15) is 24.4 Å². The third-order valence-electron chi connectivity index (χ3n) is 2.31. The first kappa shape index (κ1) is 14.8. The van der Waals surface area contributed by atoms with Gasteiger partial charge in [0, 0.05) is 10.2 Å². The maximum absolute atomic E-state index is 12.7. The molecule has 1 aromatic carbocycles. The molecule has 1 heterocycles. The number of halogens is 4. The van der Waals surface area contributed by atoms with E-state index in [9.17, 15) is 13.2 Å². The Morgan fingerprint density at radius 2 is 2.00 bits per heavy atom. The van der Waals surface area contributed by atoms with Crippen molar-refractivity contribution in [2.45, 2.75) is 19.1 Å². The molecule has 1 atom stereocenters. The summed E-state index contributed by atoms with van der Waals surface area (Å²) in [6.45, 7) is 1.65. The summed E-state index contributed by atoms with van der Waals surface area (Å²) in [6, 6.07) is 2.91. The van der Waals surface area contributed by atoms with Crippen molar-refractivity contribution in [2.24, 2.45) is 5.73 Å². The molecule has 1 aromatic heterocycles. The minimum atomic E-state index is -4.44. The molecule has 0 saturated heterocycles. The SMILES string of the molecule is CC(N)c1nnc(Nc2cc(Br)cc(C(F)(F)F)c2)o1. The molecule has 108 valence electrons. The summed E-state index contributed by atoms with van der Waals surface area (Å²) in [4.78, 5) is 0. The standard InChI is InChI=1S/C11H10BrF3N4O/c1-5(16)9-18-19-10(20-9)17-8-3-6(11(13,14)15)2-7(12)4-8/h2-5H,16H2,1H3,(H,17,19). The molecule has 20 heavy (non-hydrogen) atoms. The van der Waals surface area contributed by atoms with Crippen LogP contribution in [0, 0.1) is 0 Å². The van der Waals surface area contributed by atoms with Gasteiger partial charge in [-0.3, -0.25) is 0 Å². The topological polar surface area (TPSA) is 77.0 Å². The Morgan fingerprint density at radius 1 is 1.30 bits per heavy atom. The highest BCUT2D eigenvalue weighted by Crippen LogP contribution is 2.34. The maximum Gasteiger partial charge on any atom is 0.416 e. The average Bonchev–Trinajstić information content (AvgIpc) is 2.75. The zero-order chi connectivity index (χ0) is 14.9. The molecule has 0 radical (unpaired) electrons. The Bertz CT molecular complexity index is 612. The van der Waals surface area contributed by atoms with Gasteiger partial charge in [0.25, 0.3) is 0 Å². The molecule has 5 nitrogen and oxygen atoms in total. The average molecular weight is 351 g/mol. The number of alkyl halides is 3. The van der Waals surface area contributed by atoms with Gasteiger partial charge in [-0.2, -0.15) is 13.2 Å². The van der Waals surface area contributed by atoms with Gasteiger partial charge >= 0.3 is 12.2 Å². The van der Waals surface area contributed by atoms with Crippen molar-refractivity contribution >= 4 is 27.6 Å². The minimum absolute atomic E-state index is 0.0245. The third kappa shape index (κ3) is 3.48. The second kappa shape index (κ2) is 5.41. The van der Waals surface area contributed by atoms with E-state index in [0.717, 1.165) is 12.1 Å². The summed E-state index contributed by atoms with van der Waals surface area (Å²) in [5.41, 5.74) is 4.93. The molecule has 0 fully saturated rings. The number of nitrogens with two attached hydrogens (primary N) is 1. The molecular weight excluding hydrogens is 341 g/mol. The zero-order valence-electron chi connectivity index (χ0n) is 10.2. The van der Waals surface area contributed by atoms with E-state index in [-0.39, 0.29) is 22.1 Å². The molecule has 9 heteroatoms. The third-order valence-corrected chi connectivity index (χ3v) is 2.76. The zero-order valence-corrected chi connectivity index (χ0v) is 11.8. The van der Waals surface area contributed by atoms with E-state index in [4.69, 9.17) is 10.2 Å². The van der Waals surface area contributed by atoms with Crippen LogP contribution in [-0.4, -0.2) is 10.2 Å². The van der Waals surface area contributed by atoms with Gasteiger partial charge in [-0.25, -0.2) is 0 Å². The minimum Gasteiger partial charge on any atom is -0.406 e. The van der Waals surface area contributed by atoms with Crippen molar-refractivity contribution in [2.75, 3.05) is 5.32 Å². The van der Waals surface area contributed by atoms with Gasteiger partial charge in [-0.15, -0.1) is 5.10 Å². The van der Waals surface area contributed by atoms with Gasteiger partial charge in [-0.05, 0) is 25.1 Å². The summed E-state index contributed by atoms with van der Waals surface area (Å²) in [5, 5.41) is 9.92. The lowest BCUT2D eigenvalue weighted by molar-refractivity contribution is -0.137. The van der Waals surface area contributed by atoms with E-state index in [1.165, 1.54) is 6.07 Å². The van der Waals surface area contributed by atoms with Gasteiger partial charge in [-0.1, -0.05) is 21.0 Å². The van der Waals surface area contributed by atoms with Crippen LogP contribution in [0.25, 0.3) is 0 Å². The highest BCUT2D eigenvalue weighted by molar-refractivity contribution is 9.10. The second-order valence-corrected chi connectivity index (χ2v) is 5.00. The number of aromatic nitrogens is 2. The van der Waals surface area contributed by atoms with Crippen molar-refractivity contribution < 1.29 is 17.6 Å². The summed E-state index contributed by atoms with van der Waals surface area (Å²) in [7, 11) is 0. The maximum atomic E-state index is 12.7. The number of hydrogen-bond donors (Lipinski definition) is 2. The molecule has 0 aliphatic rings. The highest BCUT2D eigenvalue weighted by atomic mass is 79.9. The number of benzene rings is 1. The van der Waals surface area contributed by atoms with E-state index in [1.54, 1.807) is 6.92 Å². The summed E-state index contributed by atoms with van der Waals surface area (Å²) in [6.07, 6.45) is -4.44. The fourth-order valence-electron chi connectivity index (χ4n) is 1.42. The van der Waals surface area contributed by atoms with Crippen LogP contribution in [0.5, 0.6) is 0 Å². The number of nitrogens with one attached hydrogen (secondary N) is 1. The first-order chi connectivity index (χ1) is 9.25. The van der Waals surface area contributed by atoms with Crippen LogP contribution in [0.15, 0.2) is 27.1 Å². The molecule has 3 N–H and O–H groups in total. The van der Waals surface area contributed by atoms with Crippen molar-refractivity contribution in [3.8, 4) is 0 Å². The summed E-state index contributed by atoms with van der Waals surface area (Å²) >= 11 is 3.02. The molecule has 1 unspecified atom stereocenters. The molecule has 0 bridgehead atoms. The van der Waals surface area contributed by atoms with E-state index >= 15 is 0 Å². The molecule has 2 aromatic rings. The van der Waals surface area contributed by atoms with E-state index in [1.807, 2.05) is 0 Å². The summed E-state index contributed by atoms with van der Waals surface area (Å²) in [5.74, 6) is 0.193. The van der Waals surface area contributed by atoms with Crippen LogP contribution in [-0.2, 0) is 6.18 Å². The fraction of sp³-hybridized carbons (Fsp3) is 0.273. The van der Waals surface area contributed by atoms with Gasteiger partial charge in [0.15, 0.2) is 0 Å². The molecule has 0 saturated carbocycles. The first-order valence-corrected chi connectivity index (χ1v) is 6.29. The normalized spacial score (nSPS) is 13.3. The Hall–Kier alpha value is -1.61. The van der Waals surface area contributed by atoms with E-state index in [2.05, 4.69) is 31.4 Å². The van der Waals surface area contributed by atoms with Gasteiger partial charge in [0.2, 0.25) is 5.89 Å². The number of anilines is 2. The molecule has 0 amide bonds. The van der Waals surface area contributed by atoms with Crippen LogP contribution < -0.4 is 11.1 Å². The van der Waals surface area contributed by atoms with Crippen molar-refractivity contribution in [1.82, 2.24) is 10.2 Å². The first-order valence-electron chi connectivity index (χ1n) is 5.49. The lowest BCUT2D eigenvalue weighted by atomic mass is 10.2. The predicted octanol–water partition coefficient (Wildman–Crippen LogP) is 3.61. The van der Waals surface area contributed by atoms with Crippen LogP contribution in [0.3, 0.4) is 0 Å². The Labute approximate surface area is 120 Å². The van der Waals surface area contributed by atoms with E-state index < -0.39 is 17.8 Å². The highest BCUT2D eigenvalue weighted by Gasteiger charge is 2.31. The van der Waals surface area contributed by atoms with Crippen LogP contribution in [0.4, 0.5) is 24.9 Å². The molecule has 2 rings (SSSR count). The monoisotopic (exact) mass is 350 g/mol. The molecule has 0 spiro atoms. The van der Waals surface area contributed by atoms with Gasteiger partial charge in [0.05, 0.1) is 11.6 Å². The Kier molecular flexibility index (Phi) is 4.00. The largest absolute Gasteiger partial charge is 0.416 e. The predicted molar refractivity (Wildman–Crippen MR) is 69.3 cm³/mol. The second-order valence-electron chi connectivity index (χ2n) is 4.09. The fourth-order valence-corrected chi connectivity index (χ4v) is 1.91. The smallest absolute Gasteiger partial charge is 0.406 e. The van der Waals surface area contributed by atoms with Crippen LogP contribution >= 0.6 is 15.9 Å².